The Bertz CT molecular complexity index is 894. The van der Waals surface area contributed by atoms with Crippen LogP contribution in [0, 0.1) is 0 Å². The number of carbonyl (C=O) groups is 1. The summed E-state index contributed by atoms with van der Waals surface area (Å²) in [6, 6.07) is 13.9. The number of thioether (sulfide) groups is 1. The minimum absolute atomic E-state index is 0.253. The summed E-state index contributed by atoms with van der Waals surface area (Å²) < 4.78 is 43.2. The molecule has 0 N–H and O–H groups in total. The summed E-state index contributed by atoms with van der Waals surface area (Å²) in [6.45, 7) is 0.673. The van der Waals surface area contributed by atoms with Gasteiger partial charge in [0.05, 0.1) is 29.3 Å². The molecule has 1 aliphatic heterocycles. The second kappa shape index (κ2) is 8.62. The molecule has 0 bridgehead atoms. The molecule has 0 saturated carbocycles. The third-order valence-corrected chi connectivity index (χ3v) is 4.93. The Kier molecular flexibility index (Phi) is 6.21. The molecule has 0 spiro atoms. The molecular weight excluding hydrogens is 389 g/mol. The maximum Gasteiger partial charge on any atom is 0.416 e. The molecular formula is C20H17F3N2O2S. The van der Waals surface area contributed by atoms with Crippen LogP contribution >= 0.6 is 11.8 Å². The summed E-state index contributed by atoms with van der Waals surface area (Å²) in [5.74, 6) is -0.253. The minimum Gasteiger partial charge on any atom is -0.383 e. The van der Waals surface area contributed by atoms with Gasteiger partial charge in [0, 0.05) is 7.11 Å². The van der Waals surface area contributed by atoms with Crippen LogP contribution in [0.15, 0.2) is 64.5 Å². The Morgan fingerprint density at radius 1 is 1.11 bits per heavy atom. The van der Waals surface area contributed by atoms with Gasteiger partial charge in [0.15, 0.2) is 5.17 Å². The number of aliphatic imine (C=N–C) groups is 1. The molecule has 0 atom stereocenters. The minimum atomic E-state index is -4.39. The van der Waals surface area contributed by atoms with E-state index < -0.39 is 11.7 Å². The normalized spacial score (nSPS) is 17.7. The maximum atomic E-state index is 12.8. The summed E-state index contributed by atoms with van der Waals surface area (Å²) in [5, 5.41) is 0.506. The molecule has 2 aromatic carbocycles. The van der Waals surface area contributed by atoms with Crippen molar-refractivity contribution in [3.8, 4) is 0 Å². The van der Waals surface area contributed by atoms with E-state index in [1.165, 1.54) is 28.8 Å². The number of hydrogen-bond acceptors (Lipinski definition) is 4. The first-order valence-corrected chi connectivity index (χ1v) is 9.21. The monoisotopic (exact) mass is 406 g/mol. The van der Waals surface area contributed by atoms with Gasteiger partial charge in [-0.2, -0.15) is 13.2 Å². The average Bonchev–Trinajstić information content (AvgIpc) is 2.95. The molecule has 28 heavy (non-hydrogen) atoms. The van der Waals surface area contributed by atoms with E-state index in [4.69, 9.17) is 4.74 Å². The van der Waals surface area contributed by atoms with Crippen LogP contribution < -0.4 is 0 Å². The molecule has 0 unspecified atom stereocenters. The van der Waals surface area contributed by atoms with Gasteiger partial charge in [0.25, 0.3) is 5.91 Å². The van der Waals surface area contributed by atoms with Crippen LogP contribution in [-0.2, 0) is 15.7 Å². The van der Waals surface area contributed by atoms with Gasteiger partial charge < -0.3 is 4.74 Å². The molecule has 4 nitrogen and oxygen atoms in total. The van der Waals surface area contributed by atoms with Crippen molar-refractivity contribution in [1.82, 2.24) is 4.90 Å². The lowest BCUT2D eigenvalue weighted by Crippen LogP contribution is -2.32. The summed E-state index contributed by atoms with van der Waals surface area (Å²) in [5.41, 5.74) is 0.487. The molecule has 1 saturated heterocycles. The van der Waals surface area contributed by atoms with Gasteiger partial charge in [-0.1, -0.05) is 30.3 Å². The third-order valence-electron chi connectivity index (χ3n) is 3.92. The molecule has 0 aliphatic carbocycles. The summed E-state index contributed by atoms with van der Waals surface area (Å²) in [4.78, 5) is 19.2. The maximum absolute atomic E-state index is 12.8. The number of amides is 1. The molecule has 146 valence electrons. The van der Waals surface area contributed by atoms with Crippen molar-refractivity contribution in [3.05, 3.63) is 70.6 Å². The van der Waals surface area contributed by atoms with Crippen LogP contribution in [0.1, 0.15) is 11.1 Å². The van der Waals surface area contributed by atoms with Gasteiger partial charge in [-0.05, 0) is 47.7 Å². The number of nitrogens with zero attached hydrogens (tertiary/aromatic N) is 2. The highest BCUT2D eigenvalue weighted by molar-refractivity contribution is 8.18. The lowest BCUT2D eigenvalue weighted by Gasteiger charge is -2.14. The van der Waals surface area contributed by atoms with Crippen LogP contribution in [0.3, 0.4) is 0 Å². The van der Waals surface area contributed by atoms with Crippen LogP contribution in [0.4, 0.5) is 18.9 Å². The van der Waals surface area contributed by atoms with Crippen molar-refractivity contribution >= 4 is 34.6 Å². The zero-order valence-corrected chi connectivity index (χ0v) is 15.8. The van der Waals surface area contributed by atoms with Crippen LogP contribution in [0.2, 0.25) is 0 Å². The number of ether oxygens (including phenoxy) is 1. The number of carbonyl (C=O) groups excluding carboxylic acids is 1. The fraction of sp³-hybridized carbons (Fsp3) is 0.200. The first-order chi connectivity index (χ1) is 13.4. The van der Waals surface area contributed by atoms with E-state index in [1.54, 1.807) is 13.2 Å². The van der Waals surface area contributed by atoms with Crippen molar-refractivity contribution in [2.45, 2.75) is 6.18 Å². The Morgan fingerprint density at radius 3 is 2.39 bits per heavy atom. The van der Waals surface area contributed by atoms with Crippen molar-refractivity contribution in [1.29, 1.82) is 0 Å². The smallest absolute Gasteiger partial charge is 0.383 e. The lowest BCUT2D eigenvalue weighted by molar-refractivity contribution is -0.137. The summed E-state index contributed by atoms with van der Waals surface area (Å²) in [7, 11) is 1.54. The van der Waals surface area contributed by atoms with Crippen LogP contribution in [-0.4, -0.2) is 36.2 Å². The van der Waals surface area contributed by atoms with Crippen molar-refractivity contribution in [2.75, 3.05) is 20.3 Å². The summed E-state index contributed by atoms with van der Waals surface area (Å²) in [6.07, 6.45) is -2.82. The number of alkyl halides is 3. The van der Waals surface area contributed by atoms with Crippen LogP contribution in [0.5, 0.6) is 0 Å². The third kappa shape index (κ3) is 4.82. The Balaban J connectivity index is 1.88. The van der Waals surface area contributed by atoms with Crippen LogP contribution in [0.25, 0.3) is 6.08 Å². The van der Waals surface area contributed by atoms with E-state index in [9.17, 15) is 18.0 Å². The lowest BCUT2D eigenvalue weighted by atomic mass is 10.1. The number of halogens is 3. The number of amidine groups is 1. The summed E-state index contributed by atoms with van der Waals surface area (Å²) >= 11 is 1.19. The Morgan fingerprint density at radius 2 is 1.79 bits per heavy atom. The average molecular weight is 406 g/mol. The van der Waals surface area contributed by atoms with Gasteiger partial charge in [-0.3, -0.25) is 9.69 Å². The second-order valence-corrected chi connectivity index (χ2v) is 6.92. The largest absolute Gasteiger partial charge is 0.416 e. The Labute approximate surface area is 164 Å². The van der Waals surface area contributed by atoms with Gasteiger partial charge in [-0.25, -0.2) is 4.99 Å². The van der Waals surface area contributed by atoms with Crippen molar-refractivity contribution in [2.24, 2.45) is 4.99 Å². The van der Waals surface area contributed by atoms with E-state index in [0.29, 0.717) is 34.5 Å². The highest BCUT2D eigenvalue weighted by Gasteiger charge is 2.33. The first kappa shape index (κ1) is 20.2. The molecule has 2 aromatic rings. The molecule has 0 aromatic heterocycles. The fourth-order valence-corrected chi connectivity index (χ4v) is 3.53. The molecule has 3 rings (SSSR count). The Hall–Kier alpha value is -2.58. The zero-order chi connectivity index (χ0) is 20.1. The van der Waals surface area contributed by atoms with Gasteiger partial charge in [0.2, 0.25) is 0 Å². The van der Waals surface area contributed by atoms with E-state index in [-0.39, 0.29) is 5.91 Å². The number of rotatable bonds is 5. The van der Waals surface area contributed by atoms with E-state index in [2.05, 4.69) is 4.99 Å². The predicted octanol–water partition coefficient (Wildman–Crippen LogP) is 4.96. The van der Waals surface area contributed by atoms with E-state index >= 15 is 0 Å². The van der Waals surface area contributed by atoms with Crippen molar-refractivity contribution < 1.29 is 22.7 Å². The quantitative estimate of drug-likeness (QED) is 0.660. The van der Waals surface area contributed by atoms with Gasteiger partial charge >= 0.3 is 6.18 Å². The topological polar surface area (TPSA) is 41.9 Å². The standard InChI is InChI=1S/C20H17F3N2O2S/c1-27-12-11-25-18(26)17(28-19(25)24-16-5-3-2-4-6-16)13-14-7-9-15(10-8-14)20(21,22)23/h2-10,13H,11-12H2,1H3/b17-13-,24-19?. The molecule has 8 heteroatoms. The highest BCUT2D eigenvalue weighted by atomic mass is 32.2. The predicted molar refractivity (Wildman–Crippen MR) is 104 cm³/mol. The first-order valence-electron chi connectivity index (χ1n) is 8.40. The molecule has 1 aliphatic rings. The van der Waals surface area contributed by atoms with E-state index in [1.807, 2.05) is 30.3 Å². The number of para-hydroxylation sites is 1. The second-order valence-electron chi connectivity index (χ2n) is 5.91. The molecule has 1 amide bonds. The highest BCUT2D eigenvalue weighted by Crippen LogP contribution is 2.35. The fourth-order valence-electron chi connectivity index (χ4n) is 2.50. The van der Waals surface area contributed by atoms with Gasteiger partial charge in [-0.15, -0.1) is 0 Å². The van der Waals surface area contributed by atoms with E-state index in [0.717, 1.165) is 12.1 Å². The number of benzene rings is 2. The molecule has 1 fully saturated rings. The van der Waals surface area contributed by atoms with Crippen molar-refractivity contribution in [3.63, 3.8) is 0 Å². The molecule has 1 heterocycles. The zero-order valence-electron chi connectivity index (χ0n) is 14.9. The number of methoxy groups -OCH3 is 1. The number of hydrogen-bond donors (Lipinski definition) is 0. The van der Waals surface area contributed by atoms with Gasteiger partial charge in [0.1, 0.15) is 0 Å². The SMILES string of the molecule is COCCN1C(=O)/C(=C/c2ccc(C(F)(F)F)cc2)SC1=Nc1ccccc1. The molecule has 0 radical (unpaired) electrons.